The summed E-state index contributed by atoms with van der Waals surface area (Å²) in [5.74, 6) is 8.97. The molecule has 3 aromatic heterocycles. The van der Waals surface area contributed by atoms with Crippen molar-refractivity contribution in [3.05, 3.63) is 66.4 Å². The number of rotatable bonds is 5. The minimum atomic E-state index is 0.0189. The first-order chi connectivity index (χ1) is 16.1. The van der Waals surface area contributed by atoms with Crippen LogP contribution in [0.25, 0.3) is 10.8 Å². The largest absolute Gasteiger partial charge is 0.438 e. The number of aryl methyl sites for hydroxylation is 1. The fraction of sp³-hybridized carbons (Fsp3) is 0.200. The van der Waals surface area contributed by atoms with Gasteiger partial charge in [0.15, 0.2) is 0 Å². The first kappa shape index (κ1) is 20.5. The van der Waals surface area contributed by atoms with Crippen molar-refractivity contribution >= 4 is 28.3 Å². The summed E-state index contributed by atoms with van der Waals surface area (Å²) in [7, 11) is 3.70. The molecule has 5 rings (SSSR count). The van der Waals surface area contributed by atoms with Gasteiger partial charge in [0, 0.05) is 48.7 Å². The molecule has 164 valence electrons. The average Bonchev–Trinajstić information content (AvgIpc) is 3.60. The van der Waals surface area contributed by atoms with Crippen LogP contribution in [-0.2, 0) is 11.8 Å². The molecule has 1 aliphatic rings. The van der Waals surface area contributed by atoms with E-state index in [-0.39, 0.29) is 11.8 Å². The van der Waals surface area contributed by atoms with Crippen LogP contribution in [0.5, 0.6) is 11.6 Å². The fourth-order valence-corrected chi connectivity index (χ4v) is 3.38. The van der Waals surface area contributed by atoms with Gasteiger partial charge in [-0.3, -0.25) is 4.79 Å². The highest BCUT2D eigenvalue weighted by molar-refractivity contribution is 5.99. The van der Waals surface area contributed by atoms with Gasteiger partial charge >= 0.3 is 0 Å². The van der Waals surface area contributed by atoms with Crippen LogP contribution in [0.15, 0.2) is 55.2 Å². The third kappa shape index (κ3) is 4.62. The molecule has 0 spiro atoms. The van der Waals surface area contributed by atoms with Gasteiger partial charge < -0.3 is 19.9 Å². The number of hydrogen-bond donors (Lipinski definition) is 2. The standard InChI is InChI=1S/C25H22N6O2/c1-26-24-21-13-27-22(30-25(32)17-7-8-17)11-20(21)18(12-28-24)6-3-16-4-9-19(10-5-16)33-23-14-31(2)15-29-23/h4-5,9-15,17H,7-8H2,1-2H3,(H,26,28)(H,27,30,32). The normalized spacial score (nSPS) is 12.7. The molecule has 2 N–H and O–H groups in total. The van der Waals surface area contributed by atoms with Crippen molar-refractivity contribution in [2.75, 3.05) is 17.7 Å². The SMILES string of the molecule is CNc1ncc(C#Cc2ccc(Oc3cn(C)cn3)cc2)c2cc(NC(=O)C3CC3)ncc12. The summed E-state index contributed by atoms with van der Waals surface area (Å²) < 4.78 is 7.55. The molecular weight excluding hydrogens is 416 g/mol. The number of amides is 1. The predicted octanol–water partition coefficient (Wildman–Crippen LogP) is 3.95. The summed E-state index contributed by atoms with van der Waals surface area (Å²) in [5, 5.41) is 7.70. The predicted molar refractivity (Wildman–Crippen MR) is 126 cm³/mol. The second kappa shape index (κ2) is 8.63. The molecule has 8 nitrogen and oxygen atoms in total. The molecular formula is C25H22N6O2. The van der Waals surface area contributed by atoms with Gasteiger partial charge in [0.1, 0.15) is 17.4 Å². The topological polar surface area (TPSA) is 94.0 Å². The fourth-order valence-electron chi connectivity index (χ4n) is 3.38. The highest BCUT2D eigenvalue weighted by Crippen LogP contribution is 2.31. The third-order valence-electron chi connectivity index (χ3n) is 5.31. The number of pyridine rings is 2. The van der Waals surface area contributed by atoms with Gasteiger partial charge in [0.2, 0.25) is 11.8 Å². The Morgan fingerprint density at radius 1 is 1.09 bits per heavy atom. The van der Waals surface area contributed by atoms with Crippen LogP contribution in [0.3, 0.4) is 0 Å². The number of carbonyl (C=O) groups is 1. The molecule has 0 radical (unpaired) electrons. The van der Waals surface area contributed by atoms with Crippen LogP contribution in [0.2, 0.25) is 0 Å². The van der Waals surface area contributed by atoms with Crippen molar-refractivity contribution in [1.29, 1.82) is 0 Å². The molecule has 3 heterocycles. The van der Waals surface area contributed by atoms with E-state index in [1.54, 1.807) is 24.9 Å². The van der Waals surface area contributed by atoms with Crippen LogP contribution in [0.4, 0.5) is 11.6 Å². The molecule has 1 saturated carbocycles. The zero-order valence-electron chi connectivity index (χ0n) is 18.3. The van der Waals surface area contributed by atoms with E-state index in [9.17, 15) is 4.79 Å². The maximum Gasteiger partial charge on any atom is 0.237 e. The van der Waals surface area contributed by atoms with Gasteiger partial charge in [0.05, 0.1) is 18.1 Å². The smallest absolute Gasteiger partial charge is 0.237 e. The summed E-state index contributed by atoms with van der Waals surface area (Å²) in [5.41, 5.74) is 1.59. The molecule has 0 aliphatic heterocycles. The van der Waals surface area contributed by atoms with Crippen molar-refractivity contribution < 1.29 is 9.53 Å². The Kier molecular flexibility index (Phi) is 5.37. The molecule has 0 bridgehead atoms. The molecule has 1 aliphatic carbocycles. The Labute approximate surface area is 191 Å². The maximum atomic E-state index is 12.2. The third-order valence-corrected chi connectivity index (χ3v) is 5.31. The molecule has 33 heavy (non-hydrogen) atoms. The highest BCUT2D eigenvalue weighted by atomic mass is 16.5. The van der Waals surface area contributed by atoms with E-state index >= 15 is 0 Å². The van der Waals surface area contributed by atoms with E-state index in [4.69, 9.17) is 4.74 Å². The Bertz CT molecular complexity index is 1390. The van der Waals surface area contributed by atoms with Crippen LogP contribution in [0, 0.1) is 17.8 Å². The van der Waals surface area contributed by atoms with E-state index < -0.39 is 0 Å². The Morgan fingerprint density at radius 2 is 1.91 bits per heavy atom. The molecule has 1 amide bonds. The highest BCUT2D eigenvalue weighted by Gasteiger charge is 2.29. The lowest BCUT2D eigenvalue weighted by atomic mass is 10.1. The van der Waals surface area contributed by atoms with E-state index in [0.29, 0.717) is 23.3 Å². The quantitative estimate of drug-likeness (QED) is 0.459. The Hall–Kier alpha value is -4.38. The minimum absolute atomic E-state index is 0.0189. The number of carbonyl (C=O) groups excluding carboxylic acids is 1. The summed E-state index contributed by atoms with van der Waals surface area (Å²) >= 11 is 0. The van der Waals surface area contributed by atoms with Gasteiger partial charge in [-0.25, -0.2) is 15.0 Å². The van der Waals surface area contributed by atoms with Gasteiger partial charge in [-0.05, 0) is 43.2 Å². The number of nitrogens with zero attached hydrogens (tertiary/aromatic N) is 4. The number of fused-ring (bicyclic) bond motifs is 1. The second-order valence-corrected chi connectivity index (χ2v) is 7.90. The van der Waals surface area contributed by atoms with Crippen molar-refractivity contribution in [1.82, 2.24) is 19.5 Å². The lowest BCUT2D eigenvalue weighted by molar-refractivity contribution is -0.117. The zero-order chi connectivity index (χ0) is 22.8. The number of benzene rings is 1. The molecule has 0 saturated heterocycles. The lowest BCUT2D eigenvalue weighted by Crippen LogP contribution is -2.14. The number of imidazole rings is 1. The van der Waals surface area contributed by atoms with Gasteiger partial charge in [-0.15, -0.1) is 0 Å². The monoisotopic (exact) mass is 438 g/mol. The van der Waals surface area contributed by atoms with Gasteiger partial charge in [-0.1, -0.05) is 11.8 Å². The first-order valence-corrected chi connectivity index (χ1v) is 10.6. The Balaban J connectivity index is 1.41. The number of anilines is 2. The lowest BCUT2D eigenvalue weighted by Gasteiger charge is -2.09. The van der Waals surface area contributed by atoms with E-state index in [1.165, 1.54) is 0 Å². The Morgan fingerprint density at radius 3 is 2.61 bits per heavy atom. The van der Waals surface area contributed by atoms with Gasteiger partial charge in [0.25, 0.3) is 0 Å². The molecule has 1 aromatic carbocycles. The molecule has 0 unspecified atom stereocenters. The average molecular weight is 438 g/mol. The maximum absolute atomic E-state index is 12.2. The molecule has 0 atom stereocenters. The first-order valence-electron chi connectivity index (χ1n) is 10.6. The summed E-state index contributed by atoms with van der Waals surface area (Å²) in [6, 6.07) is 9.35. The van der Waals surface area contributed by atoms with Crippen LogP contribution in [0.1, 0.15) is 24.0 Å². The number of hydrogen-bond acceptors (Lipinski definition) is 6. The van der Waals surface area contributed by atoms with Crippen LogP contribution < -0.4 is 15.4 Å². The summed E-state index contributed by atoms with van der Waals surface area (Å²) in [6.07, 6.45) is 8.81. The number of nitrogens with one attached hydrogen (secondary N) is 2. The van der Waals surface area contributed by atoms with Crippen molar-refractivity contribution in [2.24, 2.45) is 13.0 Å². The number of aromatic nitrogens is 4. The second-order valence-electron chi connectivity index (χ2n) is 7.90. The van der Waals surface area contributed by atoms with Gasteiger partial charge in [-0.2, -0.15) is 0 Å². The van der Waals surface area contributed by atoms with Crippen molar-refractivity contribution in [3.63, 3.8) is 0 Å². The molecule has 8 heteroatoms. The van der Waals surface area contributed by atoms with E-state index in [1.807, 2.05) is 49.0 Å². The summed E-state index contributed by atoms with van der Waals surface area (Å²) in [4.78, 5) is 25.2. The number of ether oxygens (including phenoxy) is 1. The molecule has 4 aromatic rings. The van der Waals surface area contributed by atoms with Crippen LogP contribution in [-0.4, -0.2) is 32.5 Å². The molecule has 1 fully saturated rings. The minimum Gasteiger partial charge on any atom is -0.438 e. The van der Waals surface area contributed by atoms with E-state index in [2.05, 4.69) is 37.4 Å². The van der Waals surface area contributed by atoms with E-state index in [0.717, 1.165) is 34.7 Å². The zero-order valence-corrected chi connectivity index (χ0v) is 18.3. The van der Waals surface area contributed by atoms with Crippen molar-refractivity contribution in [3.8, 4) is 23.5 Å². The van der Waals surface area contributed by atoms with Crippen LogP contribution >= 0.6 is 0 Å². The van der Waals surface area contributed by atoms with Crippen molar-refractivity contribution in [2.45, 2.75) is 12.8 Å². The summed E-state index contributed by atoms with van der Waals surface area (Å²) in [6.45, 7) is 0.